The number of esters is 4. The van der Waals surface area contributed by atoms with Crippen LogP contribution in [0.1, 0.15) is 49.9 Å². The summed E-state index contributed by atoms with van der Waals surface area (Å²) in [6, 6.07) is 7.12. The van der Waals surface area contributed by atoms with Crippen molar-refractivity contribution in [2.75, 3.05) is 24.7 Å². The van der Waals surface area contributed by atoms with Gasteiger partial charge in [-0.05, 0) is 74.2 Å². The summed E-state index contributed by atoms with van der Waals surface area (Å²) < 4.78 is 23.9. The van der Waals surface area contributed by atoms with Crippen molar-refractivity contribution >= 4 is 57.8 Å². The van der Waals surface area contributed by atoms with Crippen LogP contribution < -0.4 is 22.6 Å². The topological polar surface area (TPSA) is 365 Å². The lowest BCUT2D eigenvalue weighted by Crippen LogP contribution is -2.50. The van der Waals surface area contributed by atoms with Gasteiger partial charge < -0.3 is 69.9 Å². The molecule has 0 bridgehead atoms. The van der Waals surface area contributed by atoms with Crippen molar-refractivity contribution in [3.63, 3.8) is 0 Å². The number of hydrogen-bond donors (Lipinski definition) is 8. The number of nitrogen functional groups attached to an aromatic ring is 2. The molecule has 0 spiro atoms. The van der Waals surface area contributed by atoms with Crippen LogP contribution in [-0.2, 0) is 51.2 Å². The number of ether oxygens (including phenoxy) is 4. The van der Waals surface area contributed by atoms with E-state index in [1.807, 2.05) is 33.8 Å². The minimum atomic E-state index is -1.63. The summed E-state index contributed by atoms with van der Waals surface area (Å²) in [5, 5.41) is 38.9. The molecule has 24 heteroatoms. The summed E-state index contributed by atoms with van der Waals surface area (Å²) in [5.41, 5.74) is 16.3. The maximum Gasteiger partial charge on any atom is 0.303 e. The Morgan fingerprint density at radius 1 is 0.632 bits per heavy atom. The first-order chi connectivity index (χ1) is 32.0. The molecule has 0 amide bonds. The van der Waals surface area contributed by atoms with E-state index >= 15 is 0 Å². The molecule has 0 radical (unpaired) electrons. The Morgan fingerprint density at radius 3 is 1.46 bits per heavy atom. The smallest absolute Gasteiger partial charge is 0.303 e. The van der Waals surface area contributed by atoms with E-state index in [1.54, 1.807) is 18.2 Å². The van der Waals surface area contributed by atoms with Crippen LogP contribution in [0.2, 0.25) is 0 Å². The molecule has 6 rings (SSSR count). The van der Waals surface area contributed by atoms with Gasteiger partial charge in [0.05, 0.1) is 65.5 Å². The standard InChI is InChI=1S/C26H31N5O9.C18H23N5O5/c1-12-7-18-20(8-13(12)2)31(25(36)23(29-18)19-9-28-26(27)30-19)10-21(38-15(4)33)24(40-17(6)35)22(39-16(5)34)11-37-14(3)32;1-8-3-10-12(4-9(8)2)23(6-13(25)16(27)14(26)7-24)17(28)15(21-10)11-5-20-18(19)22-11/h7-9,21-22,24H,10-11H2,1-6H3,(H3,27,28,30);3-5,13-14,16,24-27H,6-7H2,1-2H3,(H3,19,20,22)/t21-,22+,24-;13-,14+,16-/m00/s1. The summed E-state index contributed by atoms with van der Waals surface area (Å²) in [6.07, 6.45) is -6.11. The Hall–Kier alpha value is -7.54. The second kappa shape index (κ2) is 21.8. The van der Waals surface area contributed by atoms with Gasteiger partial charge in [-0.1, -0.05) is 0 Å². The van der Waals surface area contributed by atoms with E-state index in [1.165, 1.54) is 21.5 Å². The number of aryl methyl sites for hydroxylation is 4. The molecule has 4 heterocycles. The lowest BCUT2D eigenvalue weighted by atomic mass is 10.1. The highest BCUT2D eigenvalue weighted by atomic mass is 16.6. The van der Waals surface area contributed by atoms with E-state index in [-0.39, 0.29) is 42.1 Å². The summed E-state index contributed by atoms with van der Waals surface area (Å²) in [4.78, 5) is 97.0. The van der Waals surface area contributed by atoms with Crippen molar-refractivity contribution in [1.29, 1.82) is 0 Å². The number of carbonyl (C=O) groups excluding carboxylic acids is 4. The van der Waals surface area contributed by atoms with E-state index < -0.39 is 84.8 Å². The van der Waals surface area contributed by atoms with E-state index in [0.717, 1.165) is 49.9 Å². The Morgan fingerprint density at radius 2 is 1.06 bits per heavy atom. The number of fused-ring (bicyclic) bond motifs is 2. The number of H-pyrrole nitrogens is 2. The first-order valence-corrected chi connectivity index (χ1v) is 20.9. The second-order valence-corrected chi connectivity index (χ2v) is 15.9. The lowest BCUT2D eigenvalue weighted by Gasteiger charge is -2.32. The van der Waals surface area contributed by atoms with Crippen molar-refractivity contribution in [3.8, 4) is 22.8 Å². The molecular weight excluding hydrogens is 893 g/mol. The van der Waals surface area contributed by atoms with E-state index in [4.69, 9.17) is 35.5 Å². The number of aliphatic hydroxyl groups excluding tert-OH is 4. The highest BCUT2D eigenvalue weighted by molar-refractivity contribution is 5.80. The lowest BCUT2D eigenvalue weighted by molar-refractivity contribution is -0.190. The number of nitrogens with one attached hydrogen (secondary N) is 2. The molecule has 2 aromatic carbocycles. The van der Waals surface area contributed by atoms with Crippen molar-refractivity contribution in [3.05, 3.63) is 79.6 Å². The molecule has 68 heavy (non-hydrogen) atoms. The van der Waals surface area contributed by atoms with E-state index in [0.29, 0.717) is 27.8 Å². The number of aliphatic hydroxyl groups is 4. The molecule has 0 aliphatic heterocycles. The fraction of sp³-hybridized carbons (Fsp3) is 0.409. The first kappa shape index (κ1) is 51.4. The number of nitrogens with zero attached hydrogens (tertiary/aromatic N) is 6. The van der Waals surface area contributed by atoms with Gasteiger partial charge in [-0.25, -0.2) is 19.9 Å². The molecule has 0 unspecified atom stereocenters. The van der Waals surface area contributed by atoms with Crippen molar-refractivity contribution < 1.29 is 58.6 Å². The Labute approximate surface area is 386 Å². The van der Waals surface area contributed by atoms with Gasteiger partial charge >= 0.3 is 23.9 Å². The van der Waals surface area contributed by atoms with Gasteiger partial charge in [0.1, 0.15) is 24.9 Å². The number of benzene rings is 2. The van der Waals surface area contributed by atoms with Crippen LogP contribution in [0.3, 0.4) is 0 Å². The number of aromatic nitrogens is 8. The third kappa shape index (κ3) is 12.3. The molecule has 4 aromatic heterocycles. The fourth-order valence-electron chi connectivity index (χ4n) is 7.07. The second-order valence-electron chi connectivity index (χ2n) is 15.9. The van der Waals surface area contributed by atoms with Gasteiger partial charge in [0.2, 0.25) is 0 Å². The highest BCUT2D eigenvalue weighted by Gasteiger charge is 2.39. The van der Waals surface area contributed by atoms with Crippen molar-refractivity contribution in [1.82, 2.24) is 39.0 Å². The predicted octanol–water partition coefficient (Wildman–Crippen LogP) is 0.404. The molecule has 10 N–H and O–H groups in total. The maximum absolute atomic E-state index is 13.8. The van der Waals surface area contributed by atoms with Crippen LogP contribution in [-0.4, -0.2) is 133 Å². The molecule has 0 aliphatic rings. The van der Waals surface area contributed by atoms with Gasteiger partial charge in [0, 0.05) is 27.7 Å². The molecule has 364 valence electrons. The number of aromatic amines is 2. The molecule has 0 aliphatic carbocycles. The number of anilines is 2. The third-order valence-electron chi connectivity index (χ3n) is 10.7. The average molecular weight is 947 g/mol. The molecule has 0 saturated heterocycles. The Balaban J connectivity index is 0.000000270. The molecule has 6 atom stereocenters. The minimum absolute atomic E-state index is 0.0120. The molecule has 6 aromatic rings. The number of hydrogen-bond acceptors (Lipinski definition) is 20. The first-order valence-electron chi connectivity index (χ1n) is 20.9. The Bertz CT molecular complexity index is 2960. The van der Waals surface area contributed by atoms with Gasteiger partial charge in [0.25, 0.3) is 11.1 Å². The highest BCUT2D eigenvalue weighted by Crippen LogP contribution is 2.25. The maximum atomic E-state index is 13.8. The average Bonchev–Trinajstić information content (AvgIpc) is 3.91. The zero-order valence-corrected chi connectivity index (χ0v) is 38.5. The Kier molecular flexibility index (Phi) is 16.5. The van der Waals surface area contributed by atoms with Crippen molar-refractivity contribution in [2.24, 2.45) is 0 Å². The monoisotopic (exact) mass is 946 g/mol. The number of rotatable bonds is 16. The zero-order chi connectivity index (χ0) is 50.3. The SMILES string of the molecule is CC(=O)OC[C@@H](OC(C)=O)[C@@H](OC(C)=O)[C@H](Cn1c(=O)c(-c2cnc(N)[nH]2)nc2cc(C)c(C)cc21)OC(C)=O.Cc1cc2nc(-c3cnc(N)[nH]3)c(=O)n(C[C@H](O)[C@H](O)[C@H](O)CO)c2cc1C. The van der Waals surface area contributed by atoms with Crippen LogP contribution in [0, 0.1) is 27.7 Å². The largest absolute Gasteiger partial charge is 0.462 e. The van der Waals surface area contributed by atoms with Crippen LogP contribution in [0.5, 0.6) is 0 Å². The number of imidazole rings is 2. The van der Waals surface area contributed by atoms with Gasteiger partial charge in [-0.2, -0.15) is 0 Å². The number of carbonyl (C=O) groups is 4. The van der Waals surface area contributed by atoms with Crippen LogP contribution in [0.25, 0.3) is 44.8 Å². The summed E-state index contributed by atoms with van der Waals surface area (Å²) in [6.45, 7) is 10.1. The molecular formula is C44H54N10O14. The number of nitrogens with two attached hydrogens (primary N) is 2. The quantitative estimate of drug-likeness (QED) is 0.0481. The van der Waals surface area contributed by atoms with Gasteiger partial charge in [-0.3, -0.25) is 28.8 Å². The normalized spacial score (nSPS) is 13.9. The zero-order valence-electron chi connectivity index (χ0n) is 38.5. The summed E-state index contributed by atoms with van der Waals surface area (Å²) >= 11 is 0. The third-order valence-corrected chi connectivity index (χ3v) is 10.7. The molecule has 24 nitrogen and oxygen atoms in total. The fourth-order valence-corrected chi connectivity index (χ4v) is 7.07. The van der Waals surface area contributed by atoms with Crippen LogP contribution in [0.15, 0.2) is 46.2 Å². The molecule has 0 saturated carbocycles. The summed E-state index contributed by atoms with van der Waals surface area (Å²) in [7, 11) is 0. The van der Waals surface area contributed by atoms with Crippen LogP contribution >= 0.6 is 0 Å². The van der Waals surface area contributed by atoms with Gasteiger partial charge in [-0.15, -0.1) is 0 Å². The van der Waals surface area contributed by atoms with E-state index in [9.17, 15) is 44.1 Å². The summed E-state index contributed by atoms with van der Waals surface area (Å²) in [5.74, 6) is -2.82. The predicted molar refractivity (Wildman–Crippen MR) is 243 cm³/mol. The van der Waals surface area contributed by atoms with Gasteiger partial charge in [0.15, 0.2) is 41.6 Å². The van der Waals surface area contributed by atoms with E-state index in [2.05, 4.69) is 29.9 Å². The van der Waals surface area contributed by atoms with Crippen molar-refractivity contribution in [2.45, 2.75) is 105 Å². The minimum Gasteiger partial charge on any atom is -0.462 e. The molecule has 0 fully saturated rings. The van der Waals surface area contributed by atoms with Crippen LogP contribution in [0.4, 0.5) is 11.9 Å².